The molecule has 80 valence electrons. The molecule has 1 atom stereocenters. The molecule has 1 aliphatic rings. The van der Waals surface area contributed by atoms with Gasteiger partial charge >= 0.3 is 5.97 Å². The number of halogens is 1. The summed E-state index contributed by atoms with van der Waals surface area (Å²) in [5, 5.41) is 9.01. The summed E-state index contributed by atoms with van der Waals surface area (Å²) in [6.07, 6.45) is 0. The van der Waals surface area contributed by atoms with E-state index >= 15 is 0 Å². The highest BCUT2D eigenvalue weighted by molar-refractivity contribution is 6.31. The van der Waals surface area contributed by atoms with Crippen molar-refractivity contribution in [2.75, 3.05) is 6.79 Å². The van der Waals surface area contributed by atoms with E-state index in [9.17, 15) is 4.79 Å². The second-order valence-electron chi connectivity index (χ2n) is 3.04. The highest BCUT2D eigenvalue weighted by Gasteiger charge is 2.23. The first-order valence-electron chi connectivity index (χ1n) is 4.17. The molecule has 6 heteroatoms. The topological polar surface area (TPSA) is 81.8 Å². The quantitative estimate of drug-likeness (QED) is 0.795. The predicted octanol–water partition coefficient (Wildman–Crippen LogP) is 1.15. The van der Waals surface area contributed by atoms with Gasteiger partial charge in [0.2, 0.25) is 6.79 Å². The van der Waals surface area contributed by atoms with Gasteiger partial charge in [0.1, 0.15) is 6.04 Å². The average Bonchev–Trinajstić information content (AvgIpc) is 2.62. The summed E-state index contributed by atoms with van der Waals surface area (Å²) >= 11 is 5.87. The minimum Gasteiger partial charge on any atom is -0.480 e. The van der Waals surface area contributed by atoms with Gasteiger partial charge in [0, 0.05) is 16.7 Å². The molecule has 1 aromatic rings. The second kappa shape index (κ2) is 3.60. The number of fused-ring (bicyclic) bond motifs is 1. The van der Waals surface area contributed by atoms with Crippen LogP contribution in [0.1, 0.15) is 11.6 Å². The molecular formula is C9H8ClNO4. The molecule has 1 aliphatic heterocycles. The van der Waals surface area contributed by atoms with Crippen molar-refractivity contribution in [2.24, 2.45) is 5.73 Å². The maximum atomic E-state index is 10.7. The zero-order valence-electron chi connectivity index (χ0n) is 7.57. The number of carboxylic acids is 1. The van der Waals surface area contributed by atoms with Crippen molar-refractivity contribution in [2.45, 2.75) is 6.04 Å². The number of ether oxygens (including phenoxy) is 2. The molecule has 0 fully saturated rings. The Bertz CT molecular complexity index is 421. The van der Waals surface area contributed by atoms with Crippen molar-refractivity contribution < 1.29 is 19.4 Å². The van der Waals surface area contributed by atoms with E-state index in [2.05, 4.69) is 0 Å². The van der Waals surface area contributed by atoms with E-state index in [-0.39, 0.29) is 11.8 Å². The number of hydrogen-bond donors (Lipinski definition) is 2. The van der Waals surface area contributed by atoms with Crippen LogP contribution in [-0.2, 0) is 4.79 Å². The Morgan fingerprint density at radius 2 is 2.07 bits per heavy atom. The molecule has 0 aromatic heterocycles. The van der Waals surface area contributed by atoms with E-state index < -0.39 is 12.0 Å². The van der Waals surface area contributed by atoms with Crippen molar-refractivity contribution in [3.63, 3.8) is 0 Å². The van der Waals surface area contributed by atoms with Crippen LogP contribution in [0.3, 0.4) is 0 Å². The van der Waals surface area contributed by atoms with Gasteiger partial charge in [-0.1, -0.05) is 11.6 Å². The molecule has 1 heterocycles. The fourth-order valence-electron chi connectivity index (χ4n) is 1.30. The van der Waals surface area contributed by atoms with Crippen LogP contribution in [0.2, 0.25) is 5.02 Å². The average molecular weight is 230 g/mol. The van der Waals surface area contributed by atoms with Gasteiger partial charge in [0.05, 0.1) is 0 Å². The number of carbonyl (C=O) groups is 1. The van der Waals surface area contributed by atoms with E-state index in [4.69, 9.17) is 31.9 Å². The van der Waals surface area contributed by atoms with Gasteiger partial charge in [-0.25, -0.2) is 0 Å². The smallest absolute Gasteiger partial charge is 0.325 e. The number of benzene rings is 1. The lowest BCUT2D eigenvalue weighted by molar-refractivity contribution is -0.138. The lowest BCUT2D eigenvalue weighted by atomic mass is 10.1. The molecule has 5 nitrogen and oxygen atoms in total. The van der Waals surface area contributed by atoms with Gasteiger partial charge in [-0.2, -0.15) is 0 Å². The zero-order valence-corrected chi connectivity index (χ0v) is 8.32. The number of hydrogen-bond acceptors (Lipinski definition) is 4. The van der Waals surface area contributed by atoms with E-state index in [1.54, 1.807) is 0 Å². The van der Waals surface area contributed by atoms with Gasteiger partial charge < -0.3 is 20.3 Å². The maximum Gasteiger partial charge on any atom is 0.325 e. The second-order valence-corrected chi connectivity index (χ2v) is 3.45. The monoisotopic (exact) mass is 229 g/mol. The van der Waals surface area contributed by atoms with Crippen LogP contribution in [0.5, 0.6) is 11.5 Å². The minimum atomic E-state index is -1.16. The number of aliphatic carboxylic acids is 1. The summed E-state index contributed by atoms with van der Waals surface area (Å²) in [5.74, 6) is -0.178. The Balaban J connectivity index is 2.44. The number of nitrogens with two attached hydrogens (primary N) is 1. The highest BCUT2D eigenvalue weighted by atomic mass is 35.5. The van der Waals surface area contributed by atoms with E-state index in [0.29, 0.717) is 17.1 Å². The number of rotatable bonds is 2. The van der Waals surface area contributed by atoms with Gasteiger partial charge in [0.25, 0.3) is 0 Å². The molecule has 0 bridgehead atoms. The van der Waals surface area contributed by atoms with Gasteiger partial charge in [-0.15, -0.1) is 0 Å². The molecule has 15 heavy (non-hydrogen) atoms. The lowest BCUT2D eigenvalue weighted by Crippen LogP contribution is -2.20. The molecule has 0 aliphatic carbocycles. The van der Waals surface area contributed by atoms with Crippen LogP contribution in [0.15, 0.2) is 12.1 Å². The predicted molar refractivity (Wildman–Crippen MR) is 52.1 cm³/mol. The molecule has 1 unspecified atom stereocenters. The maximum absolute atomic E-state index is 10.7. The third-order valence-corrected chi connectivity index (χ3v) is 2.42. The molecule has 0 saturated heterocycles. The summed E-state index contributed by atoms with van der Waals surface area (Å²) in [7, 11) is 0. The van der Waals surface area contributed by atoms with Crippen molar-refractivity contribution >= 4 is 17.6 Å². The van der Waals surface area contributed by atoms with E-state index in [1.165, 1.54) is 12.1 Å². The van der Waals surface area contributed by atoms with Crippen LogP contribution in [0.25, 0.3) is 0 Å². The molecule has 1 aromatic carbocycles. The van der Waals surface area contributed by atoms with Crippen LogP contribution in [-0.4, -0.2) is 17.9 Å². The first-order valence-corrected chi connectivity index (χ1v) is 4.55. The summed E-state index contributed by atoms with van der Waals surface area (Å²) in [5.41, 5.74) is 5.77. The third kappa shape index (κ3) is 1.71. The Morgan fingerprint density at radius 3 is 2.67 bits per heavy atom. The highest BCUT2D eigenvalue weighted by Crippen LogP contribution is 2.38. The van der Waals surface area contributed by atoms with Gasteiger partial charge in [-0.3, -0.25) is 4.79 Å². The fourth-order valence-corrected chi connectivity index (χ4v) is 1.58. The van der Waals surface area contributed by atoms with Crippen LogP contribution in [0.4, 0.5) is 0 Å². The SMILES string of the molecule is NC(C(=O)O)c1cc2c(cc1Cl)OCO2. The van der Waals surface area contributed by atoms with Crippen LogP contribution < -0.4 is 15.2 Å². The van der Waals surface area contributed by atoms with Crippen LogP contribution in [0, 0.1) is 0 Å². The molecule has 0 saturated carbocycles. The standard InChI is InChI=1S/C9H8ClNO4/c10-5-2-7-6(14-3-15-7)1-4(5)8(11)9(12)13/h1-2,8H,3,11H2,(H,12,13). The normalized spacial score (nSPS) is 15.1. The molecular weight excluding hydrogens is 222 g/mol. The Labute approximate surface area is 90.3 Å². The molecule has 0 spiro atoms. The van der Waals surface area contributed by atoms with Crippen LogP contribution >= 0.6 is 11.6 Å². The Hall–Kier alpha value is -1.46. The summed E-state index contributed by atoms with van der Waals surface area (Å²) in [6, 6.07) is 1.83. The minimum absolute atomic E-state index is 0.109. The molecule has 0 radical (unpaired) electrons. The molecule has 2 rings (SSSR count). The Kier molecular flexibility index (Phi) is 2.42. The molecule has 0 amide bonds. The summed E-state index contributed by atoms with van der Waals surface area (Å²) < 4.78 is 10.2. The third-order valence-electron chi connectivity index (χ3n) is 2.09. The van der Waals surface area contributed by atoms with Gasteiger partial charge in [0.15, 0.2) is 11.5 Å². The Morgan fingerprint density at radius 1 is 1.47 bits per heavy atom. The summed E-state index contributed by atoms with van der Waals surface area (Å²) in [4.78, 5) is 10.7. The van der Waals surface area contributed by atoms with Crippen molar-refractivity contribution in [3.05, 3.63) is 22.7 Å². The summed E-state index contributed by atoms with van der Waals surface area (Å²) in [6.45, 7) is 0.109. The van der Waals surface area contributed by atoms with E-state index in [0.717, 1.165) is 0 Å². The van der Waals surface area contributed by atoms with Crippen molar-refractivity contribution in [1.29, 1.82) is 0 Å². The lowest BCUT2D eigenvalue weighted by Gasteiger charge is -2.09. The van der Waals surface area contributed by atoms with Crippen molar-refractivity contribution in [3.8, 4) is 11.5 Å². The van der Waals surface area contributed by atoms with E-state index in [1.807, 2.05) is 0 Å². The fraction of sp³-hybridized carbons (Fsp3) is 0.222. The van der Waals surface area contributed by atoms with Crippen molar-refractivity contribution in [1.82, 2.24) is 0 Å². The molecule has 3 N–H and O–H groups in total. The first-order chi connectivity index (χ1) is 7.09. The first kappa shape index (κ1) is 10.1. The largest absolute Gasteiger partial charge is 0.480 e. The number of carboxylic acid groups (broad SMARTS) is 1. The zero-order chi connectivity index (χ0) is 11.0. The van der Waals surface area contributed by atoms with Gasteiger partial charge in [-0.05, 0) is 6.07 Å².